The summed E-state index contributed by atoms with van der Waals surface area (Å²) in [5.41, 5.74) is 4.05. The van der Waals surface area contributed by atoms with Crippen LogP contribution in [-0.2, 0) is 16.4 Å². The fourth-order valence-electron chi connectivity index (χ4n) is 3.60. The van der Waals surface area contributed by atoms with Gasteiger partial charge in [0, 0.05) is 24.5 Å². The molecule has 1 unspecified atom stereocenters. The monoisotopic (exact) mass is 382 g/mol. The standard InChI is InChI=1S/C22H24N2O2S/c1-15(2)14-21-22-19(18-6-4-5-7-20(18)23-22)12-13-24(21)27(25,26)17-10-8-16(3)9-11-17/h4-11,14,21,23H,12-13H2,1-3H3/i1D,21D/b15-14-. The fraction of sp³-hybridized carbons (Fsp3) is 0.273. The number of fused-ring (bicyclic) bond motifs is 3. The summed E-state index contributed by atoms with van der Waals surface area (Å²) in [7, 11) is -3.90. The number of rotatable bonds is 3. The van der Waals surface area contributed by atoms with Gasteiger partial charge in [-0.05, 0) is 50.9 Å². The molecule has 4 nitrogen and oxygen atoms in total. The van der Waals surface area contributed by atoms with Crippen LogP contribution in [-0.4, -0.2) is 24.3 Å². The minimum Gasteiger partial charge on any atom is -0.357 e. The molecule has 1 aliphatic rings. The van der Waals surface area contributed by atoms with E-state index in [1.165, 1.54) is 4.31 Å². The second-order valence-corrected chi connectivity index (χ2v) is 8.90. The largest absolute Gasteiger partial charge is 0.357 e. The predicted molar refractivity (Wildman–Crippen MR) is 109 cm³/mol. The van der Waals surface area contributed by atoms with Crippen LogP contribution in [0.2, 0.25) is 0 Å². The first-order chi connectivity index (χ1) is 13.8. The molecule has 27 heavy (non-hydrogen) atoms. The Balaban J connectivity index is 1.94. The number of sulfonamides is 1. The van der Waals surface area contributed by atoms with E-state index in [2.05, 4.69) is 4.98 Å². The van der Waals surface area contributed by atoms with Crippen molar-refractivity contribution in [3.05, 3.63) is 77.0 Å². The van der Waals surface area contributed by atoms with Crippen molar-refractivity contribution in [3.8, 4) is 0 Å². The highest BCUT2D eigenvalue weighted by Crippen LogP contribution is 2.38. The van der Waals surface area contributed by atoms with Crippen LogP contribution < -0.4 is 0 Å². The molecule has 0 saturated carbocycles. The number of H-pyrrole nitrogens is 1. The van der Waals surface area contributed by atoms with Crippen molar-refractivity contribution in [2.24, 2.45) is 0 Å². The molecular weight excluding hydrogens is 356 g/mol. The molecule has 1 aromatic heterocycles. The third-order valence-electron chi connectivity index (χ3n) is 4.90. The SMILES string of the molecule is [2H]C/C(C)=C/C1([2H])c2[nH]c3ccccc3c2CCN1S(=O)(=O)c1ccc(C)cc1. The van der Waals surface area contributed by atoms with Crippen molar-refractivity contribution >= 4 is 20.9 Å². The van der Waals surface area contributed by atoms with Crippen molar-refractivity contribution in [2.75, 3.05) is 6.54 Å². The maximum absolute atomic E-state index is 13.5. The first-order valence-electron chi connectivity index (χ1n) is 10.2. The third-order valence-corrected chi connectivity index (χ3v) is 6.72. The number of para-hydroxylation sites is 1. The first-order valence-corrected chi connectivity index (χ1v) is 10.4. The predicted octanol–water partition coefficient (Wildman–Crippen LogP) is 4.73. The van der Waals surface area contributed by atoms with Crippen molar-refractivity contribution < 1.29 is 11.2 Å². The lowest BCUT2D eigenvalue weighted by Gasteiger charge is -2.33. The van der Waals surface area contributed by atoms with Crippen LogP contribution in [0.1, 0.15) is 39.4 Å². The van der Waals surface area contributed by atoms with Gasteiger partial charge in [0.2, 0.25) is 10.0 Å². The van der Waals surface area contributed by atoms with E-state index in [9.17, 15) is 9.79 Å². The Bertz CT molecular complexity index is 1200. The topological polar surface area (TPSA) is 53.2 Å². The van der Waals surface area contributed by atoms with Gasteiger partial charge in [0.1, 0.15) is 0 Å². The van der Waals surface area contributed by atoms with E-state index in [4.69, 9.17) is 1.37 Å². The highest BCUT2D eigenvalue weighted by Gasteiger charge is 2.37. The Labute approximate surface area is 163 Å². The van der Waals surface area contributed by atoms with Crippen LogP contribution in [0.3, 0.4) is 0 Å². The molecule has 5 heteroatoms. The Morgan fingerprint density at radius 1 is 1.26 bits per heavy atom. The number of hydrogen-bond donors (Lipinski definition) is 1. The van der Waals surface area contributed by atoms with E-state index in [1.54, 1.807) is 37.3 Å². The quantitative estimate of drug-likeness (QED) is 0.666. The molecule has 0 amide bonds. The number of benzene rings is 2. The molecule has 0 bridgehead atoms. The Hall–Kier alpha value is -2.37. The summed E-state index contributed by atoms with van der Waals surface area (Å²) in [4.78, 5) is 3.48. The smallest absolute Gasteiger partial charge is 0.243 e. The lowest BCUT2D eigenvalue weighted by Crippen LogP contribution is -2.39. The van der Waals surface area contributed by atoms with E-state index >= 15 is 0 Å². The summed E-state index contributed by atoms with van der Waals surface area (Å²) in [6.45, 7) is 3.88. The van der Waals surface area contributed by atoms with Gasteiger partial charge in [-0.1, -0.05) is 47.5 Å². The molecule has 1 atom stereocenters. The zero-order chi connectivity index (χ0) is 20.8. The van der Waals surface area contributed by atoms with Gasteiger partial charge in [0.25, 0.3) is 0 Å². The molecule has 1 N–H and O–H groups in total. The molecule has 4 rings (SSSR count). The van der Waals surface area contributed by atoms with Gasteiger partial charge in [-0.25, -0.2) is 8.42 Å². The lowest BCUT2D eigenvalue weighted by atomic mass is 9.98. The maximum atomic E-state index is 13.5. The summed E-state index contributed by atoms with van der Waals surface area (Å²) in [6, 6.07) is 12.9. The molecule has 0 fully saturated rings. The number of aryl methyl sites for hydroxylation is 1. The Morgan fingerprint density at radius 2 is 2.00 bits per heavy atom. The summed E-state index contributed by atoms with van der Waals surface area (Å²) < 4.78 is 45.3. The van der Waals surface area contributed by atoms with Gasteiger partial charge in [0.05, 0.1) is 12.3 Å². The highest BCUT2D eigenvalue weighted by atomic mass is 32.2. The number of hydrogen-bond acceptors (Lipinski definition) is 2. The van der Waals surface area contributed by atoms with Crippen LogP contribution >= 0.6 is 0 Å². The molecule has 1 aliphatic heterocycles. The zero-order valence-electron chi connectivity index (χ0n) is 17.5. The molecule has 0 spiro atoms. The summed E-state index contributed by atoms with van der Waals surface area (Å²) >= 11 is 0. The van der Waals surface area contributed by atoms with E-state index in [-0.39, 0.29) is 18.3 Å². The Morgan fingerprint density at radius 3 is 2.74 bits per heavy atom. The van der Waals surface area contributed by atoms with Gasteiger partial charge in [0.15, 0.2) is 0 Å². The minimum absolute atomic E-state index is 0.00854. The van der Waals surface area contributed by atoms with Crippen molar-refractivity contribution in [3.63, 3.8) is 0 Å². The van der Waals surface area contributed by atoms with Crippen LogP contribution in [0.15, 0.2) is 65.1 Å². The van der Waals surface area contributed by atoms with Gasteiger partial charge in [-0.2, -0.15) is 4.31 Å². The molecule has 140 valence electrons. The average Bonchev–Trinajstić information content (AvgIpc) is 3.08. The summed E-state index contributed by atoms with van der Waals surface area (Å²) in [5.74, 6) is 0. The van der Waals surface area contributed by atoms with Gasteiger partial charge in [-0.15, -0.1) is 0 Å². The first kappa shape index (κ1) is 15.7. The minimum atomic E-state index is -3.90. The number of aromatic amines is 1. The van der Waals surface area contributed by atoms with E-state index in [0.717, 1.165) is 22.0 Å². The van der Waals surface area contributed by atoms with Crippen molar-refractivity contribution in [2.45, 2.75) is 38.1 Å². The average molecular weight is 383 g/mol. The number of allylic oxidation sites excluding steroid dienone is 1. The highest BCUT2D eigenvalue weighted by molar-refractivity contribution is 7.89. The van der Waals surface area contributed by atoms with E-state index < -0.39 is 16.0 Å². The summed E-state index contributed by atoms with van der Waals surface area (Å²) in [5, 5.41) is 1.02. The molecule has 2 heterocycles. The number of aromatic nitrogens is 1. The second-order valence-electron chi connectivity index (χ2n) is 7.04. The molecule has 2 aromatic carbocycles. The zero-order valence-corrected chi connectivity index (χ0v) is 16.3. The molecule has 0 saturated heterocycles. The van der Waals surface area contributed by atoms with Gasteiger partial charge in [-0.3, -0.25) is 0 Å². The molecule has 3 aromatic rings. The fourth-order valence-corrected chi connectivity index (χ4v) is 5.07. The third kappa shape index (κ3) is 3.11. The van der Waals surface area contributed by atoms with Crippen LogP contribution in [0.25, 0.3) is 10.9 Å². The lowest BCUT2D eigenvalue weighted by molar-refractivity contribution is 0.347. The van der Waals surface area contributed by atoms with Crippen LogP contribution in [0.5, 0.6) is 0 Å². The van der Waals surface area contributed by atoms with Crippen LogP contribution in [0.4, 0.5) is 0 Å². The number of nitrogens with zero attached hydrogens (tertiary/aromatic N) is 1. The van der Waals surface area contributed by atoms with E-state index in [1.807, 2.05) is 31.2 Å². The summed E-state index contributed by atoms with van der Waals surface area (Å²) in [6.07, 6.45) is 2.12. The van der Waals surface area contributed by atoms with Gasteiger partial charge >= 0.3 is 0 Å². The van der Waals surface area contributed by atoms with Crippen molar-refractivity contribution in [1.82, 2.24) is 9.29 Å². The molecule has 0 aliphatic carbocycles. The van der Waals surface area contributed by atoms with Crippen molar-refractivity contribution in [1.29, 1.82) is 0 Å². The molecule has 0 radical (unpaired) electrons. The second kappa shape index (κ2) is 6.66. The molecular formula is C22H24N2O2S. The Kier molecular flexibility index (Phi) is 3.86. The number of nitrogens with one attached hydrogen (secondary N) is 1. The van der Waals surface area contributed by atoms with Crippen LogP contribution in [0, 0.1) is 6.92 Å². The van der Waals surface area contributed by atoms with E-state index in [0.29, 0.717) is 17.7 Å². The normalized spacial score (nSPS) is 22.4. The maximum Gasteiger partial charge on any atom is 0.243 e. The van der Waals surface area contributed by atoms with Gasteiger partial charge < -0.3 is 4.98 Å².